The molecule has 2 N–H and O–H groups in total. The number of carbonyl (C=O) groups is 2. The minimum absolute atomic E-state index is 0.0205. The molecule has 1 atom stereocenters. The SMILES string of the molecule is CCc1ccc(O)c(C(=O)N2CCC[C@H](C(=O)Nc3ncccc3C)C2)c1. The topological polar surface area (TPSA) is 82.5 Å². The molecule has 0 unspecified atom stereocenters. The van der Waals surface area contributed by atoms with E-state index in [-0.39, 0.29) is 23.5 Å². The van der Waals surface area contributed by atoms with Crippen LogP contribution in [0.4, 0.5) is 5.82 Å². The number of carbonyl (C=O) groups excluding carboxylic acids is 2. The first kappa shape index (κ1) is 18.9. The molecule has 6 nitrogen and oxygen atoms in total. The van der Waals surface area contributed by atoms with Crippen LogP contribution in [0.25, 0.3) is 0 Å². The van der Waals surface area contributed by atoms with E-state index in [4.69, 9.17) is 0 Å². The number of phenolic OH excluding ortho intramolecular Hbond substituents is 1. The molecule has 142 valence electrons. The van der Waals surface area contributed by atoms with Crippen LogP contribution in [0.15, 0.2) is 36.5 Å². The molecular weight excluding hydrogens is 342 g/mol. The minimum Gasteiger partial charge on any atom is -0.507 e. The Morgan fingerprint density at radius 2 is 2.15 bits per heavy atom. The summed E-state index contributed by atoms with van der Waals surface area (Å²) in [7, 11) is 0. The molecule has 1 aromatic heterocycles. The number of nitrogens with zero attached hydrogens (tertiary/aromatic N) is 2. The zero-order chi connectivity index (χ0) is 19.4. The van der Waals surface area contributed by atoms with Crippen molar-refractivity contribution in [1.82, 2.24) is 9.88 Å². The second kappa shape index (κ2) is 8.20. The Morgan fingerprint density at radius 3 is 2.89 bits per heavy atom. The zero-order valence-electron chi connectivity index (χ0n) is 15.7. The molecule has 0 saturated carbocycles. The van der Waals surface area contributed by atoms with Crippen LogP contribution in [0.1, 0.15) is 41.3 Å². The molecule has 6 heteroatoms. The Labute approximate surface area is 159 Å². The number of hydrogen-bond donors (Lipinski definition) is 2. The number of piperidine rings is 1. The monoisotopic (exact) mass is 367 g/mol. The van der Waals surface area contributed by atoms with Crippen LogP contribution in [0.2, 0.25) is 0 Å². The average Bonchev–Trinajstić information content (AvgIpc) is 2.69. The molecule has 1 fully saturated rings. The number of benzene rings is 1. The predicted molar refractivity (Wildman–Crippen MR) is 104 cm³/mol. The highest BCUT2D eigenvalue weighted by atomic mass is 16.3. The second-order valence-electron chi connectivity index (χ2n) is 6.95. The van der Waals surface area contributed by atoms with E-state index in [1.54, 1.807) is 23.2 Å². The maximum Gasteiger partial charge on any atom is 0.257 e. The Morgan fingerprint density at radius 1 is 1.33 bits per heavy atom. The number of aromatic nitrogens is 1. The third kappa shape index (κ3) is 4.27. The van der Waals surface area contributed by atoms with Crippen molar-refractivity contribution in [3.63, 3.8) is 0 Å². The average molecular weight is 367 g/mol. The van der Waals surface area contributed by atoms with Gasteiger partial charge < -0.3 is 15.3 Å². The van der Waals surface area contributed by atoms with Crippen molar-refractivity contribution in [1.29, 1.82) is 0 Å². The summed E-state index contributed by atoms with van der Waals surface area (Å²) < 4.78 is 0. The summed E-state index contributed by atoms with van der Waals surface area (Å²) >= 11 is 0. The van der Waals surface area contributed by atoms with Crippen LogP contribution in [0.3, 0.4) is 0 Å². The Bertz CT molecular complexity index is 850. The first-order valence-electron chi connectivity index (χ1n) is 9.33. The van der Waals surface area contributed by atoms with Crippen molar-refractivity contribution in [3.05, 3.63) is 53.2 Å². The van der Waals surface area contributed by atoms with Gasteiger partial charge in [0.25, 0.3) is 5.91 Å². The van der Waals surface area contributed by atoms with Gasteiger partial charge in [0.05, 0.1) is 11.5 Å². The van der Waals surface area contributed by atoms with Gasteiger partial charge in [-0.1, -0.05) is 19.1 Å². The molecule has 1 aliphatic rings. The molecule has 2 heterocycles. The summed E-state index contributed by atoms with van der Waals surface area (Å²) in [6.07, 6.45) is 3.90. The lowest BCUT2D eigenvalue weighted by Gasteiger charge is -2.32. The van der Waals surface area contributed by atoms with E-state index in [2.05, 4.69) is 10.3 Å². The first-order valence-corrected chi connectivity index (χ1v) is 9.33. The number of rotatable bonds is 4. The molecule has 2 amide bonds. The van der Waals surface area contributed by atoms with Crippen molar-refractivity contribution in [2.45, 2.75) is 33.1 Å². The lowest BCUT2D eigenvalue weighted by molar-refractivity contribution is -0.121. The van der Waals surface area contributed by atoms with E-state index in [0.717, 1.165) is 30.4 Å². The summed E-state index contributed by atoms with van der Waals surface area (Å²) in [6.45, 7) is 4.82. The second-order valence-corrected chi connectivity index (χ2v) is 6.95. The summed E-state index contributed by atoms with van der Waals surface area (Å²) in [5, 5.41) is 13.0. The number of aryl methyl sites for hydroxylation is 2. The van der Waals surface area contributed by atoms with Gasteiger partial charge in [-0.15, -0.1) is 0 Å². The maximum absolute atomic E-state index is 12.9. The number of likely N-dealkylation sites (tertiary alicyclic amines) is 1. The molecule has 3 rings (SSSR count). The Kier molecular flexibility index (Phi) is 5.74. The fraction of sp³-hybridized carbons (Fsp3) is 0.381. The van der Waals surface area contributed by atoms with Gasteiger partial charge in [-0.3, -0.25) is 9.59 Å². The highest BCUT2D eigenvalue weighted by Gasteiger charge is 2.30. The van der Waals surface area contributed by atoms with E-state index >= 15 is 0 Å². The van der Waals surface area contributed by atoms with Gasteiger partial charge in [0.15, 0.2) is 0 Å². The van der Waals surface area contributed by atoms with Gasteiger partial charge in [0, 0.05) is 19.3 Å². The van der Waals surface area contributed by atoms with Gasteiger partial charge in [-0.05, 0) is 55.5 Å². The van der Waals surface area contributed by atoms with Gasteiger partial charge in [-0.2, -0.15) is 0 Å². The number of aromatic hydroxyl groups is 1. The summed E-state index contributed by atoms with van der Waals surface area (Å²) in [5.41, 5.74) is 2.19. The van der Waals surface area contributed by atoms with E-state index in [1.807, 2.05) is 32.0 Å². The molecule has 1 saturated heterocycles. The van der Waals surface area contributed by atoms with Crippen molar-refractivity contribution in [2.75, 3.05) is 18.4 Å². The number of phenols is 1. The summed E-state index contributed by atoms with van der Waals surface area (Å²) in [5.74, 6) is -0.108. The lowest BCUT2D eigenvalue weighted by Crippen LogP contribution is -2.44. The maximum atomic E-state index is 12.9. The minimum atomic E-state index is -0.291. The number of amides is 2. The molecule has 0 spiro atoms. The fourth-order valence-electron chi connectivity index (χ4n) is 3.36. The van der Waals surface area contributed by atoms with Crippen LogP contribution >= 0.6 is 0 Å². The van der Waals surface area contributed by atoms with Crippen LogP contribution in [-0.2, 0) is 11.2 Å². The van der Waals surface area contributed by atoms with Gasteiger partial charge in [-0.25, -0.2) is 4.98 Å². The van der Waals surface area contributed by atoms with Gasteiger partial charge in [0.2, 0.25) is 5.91 Å². The summed E-state index contributed by atoms with van der Waals surface area (Å²) in [6, 6.07) is 8.82. The van der Waals surface area contributed by atoms with Crippen molar-refractivity contribution in [3.8, 4) is 5.75 Å². The molecular formula is C21H25N3O3. The van der Waals surface area contributed by atoms with Gasteiger partial charge >= 0.3 is 0 Å². The molecule has 0 aliphatic carbocycles. The first-order chi connectivity index (χ1) is 13.0. The van der Waals surface area contributed by atoms with Crippen molar-refractivity contribution in [2.24, 2.45) is 5.92 Å². The highest BCUT2D eigenvalue weighted by Crippen LogP contribution is 2.25. The largest absolute Gasteiger partial charge is 0.507 e. The number of anilines is 1. The molecule has 27 heavy (non-hydrogen) atoms. The third-order valence-corrected chi connectivity index (χ3v) is 5.03. The van der Waals surface area contributed by atoms with Crippen LogP contribution in [-0.4, -0.2) is 39.9 Å². The van der Waals surface area contributed by atoms with E-state index in [9.17, 15) is 14.7 Å². The van der Waals surface area contributed by atoms with Crippen LogP contribution in [0.5, 0.6) is 5.75 Å². The Balaban J connectivity index is 1.71. The number of nitrogens with one attached hydrogen (secondary N) is 1. The van der Waals surface area contributed by atoms with Crippen LogP contribution in [0, 0.1) is 12.8 Å². The molecule has 1 aliphatic heterocycles. The highest BCUT2D eigenvalue weighted by molar-refractivity contribution is 5.98. The normalized spacial score (nSPS) is 16.8. The zero-order valence-corrected chi connectivity index (χ0v) is 15.7. The van der Waals surface area contributed by atoms with E-state index in [0.29, 0.717) is 24.5 Å². The van der Waals surface area contributed by atoms with Gasteiger partial charge in [0.1, 0.15) is 11.6 Å². The lowest BCUT2D eigenvalue weighted by atomic mass is 9.96. The molecule has 0 radical (unpaired) electrons. The number of pyridine rings is 1. The Hall–Kier alpha value is -2.89. The predicted octanol–water partition coefficient (Wildman–Crippen LogP) is 3.15. The van der Waals surface area contributed by atoms with Crippen molar-refractivity contribution < 1.29 is 14.7 Å². The quantitative estimate of drug-likeness (QED) is 0.870. The summed E-state index contributed by atoms with van der Waals surface area (Å²) in [4.78, 5) is 31.4. The van der Waals surface area contributed by atoms with E-state index in [1.165, 1.54) is 0 Å². The molecule has 0 bridgehead atoms. The van der Waals surface area contributed by atoms with E-state index < -0.39 is 0 Å². The third-order valence-electron chi connectivity index (χ3n) is 5.03. The molecule has 2 aromatic rings. The van der Waals surface area contributed by atoms with Crippen molar-refractivity contribution >= 4 is 17.6 Å². The number of hydrogen-bond acceptors (Lipinski definition) is 4. The molecule has 1 aromatic carbocycles. The fourth-order valence-corrected chi connectivity index (χ4v) is 3.36. The standard InChI is InChI=1S/C21H25N3O3/c1-3-15-8-9-18(25)17(12-15)21(27)24-11-5-7-16(13-24)20(26)23-19-14(2)6-4-10-22-19/h4,6,8-10,12,16,25H,3,5,7,11,13H2,1-2H3,(H,22,23,26)/t16-/m0/s1. The van der Waals surface area contributed by atoms with Crippen LogP contribution < -0.4 is 5.32 Å². The smallest absolute Gasteiger partial charge is 0.257 e.